The van der Waals surface area contributed by atoms with Crippen LogP contribution in [0.5, 0.6) is 0 Å². The number of hydrogen-bond acceptors (Lipinski definition) is 1. The second-order valence-corrected chi connectivity index (χ2v) is 3.80. The monoisotopic (exact) mass is 186 g/mol. The van der Waals surface area contributed by atoms with Gasteiger partial charge in [0.1, 0.15) is 0 Å². The second kappa shape index (κ2) is 3.90. The van der Waals surface area contributed by atoms with Gasteiger partial charge in [0.15, 0.2) is 0 Å². The molecule has 3 heteroatoms. The number of aliphatic carboxylic acids is 1. The smallest absolute Gasteiger partial charge is 0.364 e. The summed E-state index contributed by atoms with van der Waals surface area (Å²) in [7, 11) is 0. The van der Waals surface area contributed by atoms with Gasteiger partial charge < -0.3 is 5.11 Å². The molecule has 0 amide bonds. The van der Waals surface area contributed by atoms with Crippen LogP contribution in [0.1, 0.15) is 33.1 Å². The summed E-state index contributed by atoms with van der Waals surface area (Å²) in [6.45, 7) is 3.95. The number of carboxylic acids is 1. The maximum absolute atomic E-state index is 13.1. The fourth-order valence-electron chi connectivity index (χ4n) is 1.88. The Hall–Kier alpha value is -0.860. The summed E-state index contributed by atoms with van der Waals surface area (Å²) >= 11 is 0. The minimum absolute atomic E-state index is 0.0739. The van der Waals surface area contributed by atoms with Crippen molar-refractivity contribution in [1.29, 1.82) is 0 Å². The Morgan fingerprint density at radius 3 is 2.69 bits per heavy atom. The molecule has 0 aromatic heterocycles. The molecule has 1 aliphatic carbocycles. The van der Waals surface area contributed by atoms with Crippen LogP contribution in [-0.2, 0) is 4.79 Å². The van der Waals surface area contributed by atoms with Crippen molar-refractivity contribution in [3.63, 3.8) is 0 Å². The van der Waals surface area contributed by atoms with E-state index in [1.807, 2.05) is 13.8 Å². The summed E-state index contributed by atoms with van der Waals surface area (Å²) in [4.78, 5) is 10.4. The Balaban J connectivity index is 2.90. The van der Waals surface area contributed by atoms with Gasteiger partial charge in [0.05, 0.1) is 0 Å². The molecule has 2 atom stereocenters. The minimum atomic E-state index is -1.42. The van der Waals surface area contributed by atoms with Crippen LogP contribution >= 0.6 is 0 Å². The van der Waals surface area contributed by atoms with Crippen LogP contribution < -0.4 is 0 Å². The van der Waals surface area contributed by atoms with Gasteiger partial charge >= 0.3 is 5.97 Å². The zero-order valence-electron chi connectivity index (χ0n) is 8.01. The van der Waals surface area contributed by atoms with Gasteiger partial charge in [0.25, 0.3) is 0 Å². The van der Waals surface area contributed by atoms with Gasteiger partial charge in [-0.15, -0.1) is 0 Å². The first-order valence-corrected chi connectivity index (χ1v) is 4.66. The van der Waals surface area contributed by atoms with E-state index < -0.39 is 11.8 Å². The molecule has 1 N–H and O–H groups in total. The van der Waals surface area contributed by atoms with Crippen LogP contribution in [0.15, 0.2) is 11.4 Å². The highest BCUT2D eigenvalue weighted by Crippen LogP contribution is 2.35. The van der Waals surface area contributed by atoms with Crippen LogP contribution in [0.2, 0.25) is 0 Å². The molecular formula is C10H15FO2. The summed E-state index contributed by atoms with van der Waals surface area (Å²) in [5.41, 5.74) is 0.492. The molecule has 2 unspecified atom stereocenters. The number of hydrogen-bond donors (Lipinski definition) is 1. The summed E-state index contributed by atoms with van der Waals surface area (Å²) in [6, 6.07) is 0. The van der Waals surface area contributed by atoms with Crippen molar-refractivity contribution in [3.8, 4) is 0 Å². The maximum Gasteiger partial charge on any atom is 0.364 e. The molecule has 1 aliphatic rings. The molecule has 0 aliphatic heterocycles. The zero-order chi connectivity index (χ0) is 10.0. The summed E-state index contributed by atoms with van der Waals surface area (Å²) in [5.74, 6) is -1.88. The van der Waals surface area contributed by atoms with E-state index in [2.05, 4.69) is 0 Å². The average Bonchev–Trinajstić information content (AvgIpc) is 2.08. The van der Waals surface area contributed by atoms with Crippen molar-refractivity contribution in [3.05, 3.63) is 11.4 Å². The first kappa shape index (κ1) is 10.2. The van der Waals surface area contributed by atoms with Gasteiger partial charge in [-0.25, -0.2) is 4.79 Å². The van der Waals surface area contributed by atoms with Crippen LogP contribution in [-0.4, -0.2) is 11.1 Å². The zero-order valence-corrected chi connectivity index (χ0v) is 8.01. The molecule has 0 aromatic rings. The Bertz CT molecular complexity index is 245. The number of halogens is 1. The van der Waals surface area contributed by atoms with Crippen molar-refractivity contribution < 1.29 is 14.3 Å². The van der Waals surface area contributed by atoms with Gasteiger partial charge in [-0.3, -0.25) is 0 Å². The highest BCUT2D eigenvalue weighted by Gasteiger charge is 2.26. The lowest BCUT2D eigenvalue weighted by Crippen LogP contribution is -2.19. The standard InChI is InChI=1S/C10H15FO2/c1-6-4-3-5-8(7(6)2)9(11)10(12)13/h6-7H,3-5H2,1-2H3,(H,12,13)/b9-8+. The van der Waals surface area contributed by atoms with Gasteiger partial charge in [-0.1, -0.05) is 13.8 Å². The van der Waals surface area contributed by atoms with Crippen LogP contribution in [0.4, 0.5) is 4.39 Å². The van der Waals surface area contributed by atoms with Gasteiger partial charge in [-0.05, 0) is 36.7 Å². The van der Waals surface area contributed by atoms with Gasteiger partial charge in [0.2, 0.25) is 5.83 Å². The normalized spacial score (nSPS) is 32.8. The van der Waals surface area contributed by atoms with E-state index in [0.29, 0.717) is 17.9 Å². The van der Waals surface area contributed by atoms with E-state index in [1.165, 1.54) is 0 Å². The van der Waals surface area contributed by atoms with Crippen LogP contribution in [0, 0.1) is 11.8 Å². The molecule has 74 valence electrons. The number of carboxylic acid groups (broad SMARTS) is 1. The van der Waals surface area contributed by atoms with Crippen LogP contribution in [0.25, 0.3) is 0 Å². The SMILES string of the molecule is CC1CCC/C(=C(\F)C(=O)O)C1C. The largest absolute Gasteiger partial charge is 0.476 e. The highest BCUT2D eigenvalue weighted by molar-refractivity contribution is 5.85. The van der Waals surface area contributed by atoms with Crippen molar-refractivity contribution >= 4 is 5.97 Å². The first-order valence-electron chi connectivity index (χ1n) is 4.66. The highest BCUT2D eigenvalue weighted by atomic mass is 19.1. The average molecular weight is 186 g/mol. The Morgan fingerprint density at radius 2 is 2.15 bits per heavy atom. The van der Waals surface area contributed by atoms with Crippen molar-refractivity contribution in [1.82, 2.24) is 0 Å². The predicted octanol–water partition coefficient (Wildman–Crippen LogP) is 2.75. The van der Waals surface area contributed by atoms with Crippen LogP contribution in [0.3, 0.4) is 0 Å². The number of carbonyl (C=O) groups is 1. The Labute approximate surface area is 77.4 Å². The third-order valence-electron chi connectivity index (χ3n) is 2.98. The lowest BCUT2D eigenvalue weighted by atomic mass is 9.77. The Morgan fingerprint density at radius 1 is 1.54 bits per heavy atom. The van der Waals surface area contributed by atoms with Crippen molar-refractivity contribution in [2.75, 3.05) is 0 Å². The first-order chi connectivity index (χ1) is 6.04. The summed E-state index contributed by atoms with van der Waals surface area (Å²) in [5, 5.41) is 8.51. The third-order valence-corrected chi connectivity index (χ3v) is 2.98. The van der Waals surface area contributed by atoms with E-state index in [9.17, 15) is 9.18 Å². The molecule has 0 bridgehead atoms. The lowest BCUT2D eigenvalue weighted by Gasteiger charge is -2.28. The topological polar surface area (TPSA) is 37.3 Å². The third kappa shape index (κ3) is 2.08. The number of allylic oxidation sites excluding steroid dienone is 1. The molecule has 2 nitrogen and oxygen atoms in total. The van der Waals surface area contributed by atoms with E-state index >= 15 is 0 Å². The predicted molar refractivity (Wildman–Crippen MR) is 47.9 cm³/mol. The molecule has 0 saturated heterocycles. The molecule has 0 aromatic carbocycles. The van der Waals surface area contributed by atoms with E-state index in [-0.39, 0.29) is 5.92 Å². The summed E-state index contributed by atoms with van der Waals surface area (Å²) < 4.78 is 13.1. The Kier molecular flexibility index (Phi) is 3.07. The molecule has 13 heavy (non-hydrogen) atoms. The molecule has 1 rings (SSSR count). The number of rotatable bonds is 1. The molecule has 0 spiro atoms. The molecule has 0 heterocycles. The van der Waals surface area contributed by atoms with Crippen molar-refractivity contribution in [2.45, 2.75) is 33.1 Å². The van der Waals surface area contributed by atoms with Gasteiger partial charge in [0, 0.05) is 0 Å². The van der Waals surface area contributed by atoms with E-state index in [0.717, 1.165) is 12.8 Å². The molecule has 0 radical (unpaired) electrons. The van der Waals surface area contributed by atoms with Crippen molar-refractivity contribution in [2.24, 2.45) is 11.8 Å². The fraction of sp³-hybridized carbons (Fsp3) is 0.700. The maximum atomic E-state index is 13.1. The van der Waals surface area contributed by atoms with E-state index in [1.54, 1.807) is 0 Å². The van der Waals surface area contributed by atoms with Gasteiger partial charge in [-0.2, -0.15) is 4.39 Å². The molecular weight excluding hydrogens is 171 g/mol. The molecule has 1 saturated carbocycles. The van der Waals surface area contributed by atoms with E-state index in [4.69, 9.17) is 5.11 Å². The summed E-state index contributed by atoms with van der Waals surface area (Å²) in [6.07, 6.45) is 2.57. The fourth-order valence-corrected chi connectivity index (χ4v) is 1.88. The second-order valence-electron chi connectivity index (χ2n) is 3.80. The minimum Gasteiger partial charge on any atom is -0.476 e. The molecule has 1 fully saturated rings. The quantitative estimate of drug-likeness (QED) is 0.639. The lowest BCUT2D eigenvalue weighted by molar-refractivity contribution is -0.134.